The highest BCUT2D eigenvalue weighted by molar-refractivity contribution is 7.92. The number of sulfonamides is 1. The molecular weight excluding hydrogens is 347 g/mol. The van der Waals surface area contributed by atoms with Gasteiger partial charge in [0.05, 0.1) is 23.1 Å². The fraction of sp³-hybridized carbons (Fsp3) is 0.500. The maximum atomic E-state index is 13.2. The van der Waals surface area contributed by atoms with Crippen LogP contribution in [0.5, 0.6) is 0 Å². The normalized spacial score (nSPS) is 18.0. The average molecular weight is 365 g/mol. The van der Waals surface area contributed by atoms with E-state index in [-0.39, 0.29) is 16.8 Å². The fourth-order valence-corrected chi connectivity index (χ4v) is 3.28. The van der Waals surface area contributed by atoms with Gasteiger partial charge in [-0.2, -0.15) is 0 Å². The molecule has 6 nitrogen and oxygen atoms in total. The van der Waals surface area contributed by atoms with Gasteiger partial charge in [0.25, 0.3) is 0 Å². The van der Waals surface area contributed by atoms with Crippen molar-refractivity contribution in [1.29, 1.82) is 0 Å². The van der Waals surface area contributed by atoms with Crippen molar-refractivity contribution in [1.82, 2.24) is 5.32 Å². The van der Waals surface area contributed by atoms with Gasteiger partial charge >= 0.3 is 0 Å². The number of nitrogens with zero attached hydrogens (tertiary/aromatic N) is 1. The minimum atomic E-state index is -3.72. The van der Waals surface area contributed by atoms with Crippen molar-refractivity contribution in [2.24, 2.45) is 0 Å². The maximum absolute atomic E-state index is 13.2. The molecule has 1 aromatic rings. The minimum absolute atomic E-state index is 0.0362. The summed E-state index contributed by atoms with van der Waals surface area (Å²) in [6.45, 7) is 0.595. The van der Waals surface area contributed by atoms with Gasteiger partial charge in [0, 0.05) is 13.2 Å². The Hall–Kier alpha value is -1.38. The SMILES string of the molecule is CS(=O)(=O)N(CC(=O)NC[C@@H]1CCCO1)c1ccc(F)c(Cl)c1. The zero-order chi connectivity index (χ0) is 17.0. The summed E-state index contributed by atoms with van der Waals surface area (Å²) in [4.78, 5) is 12.0. The number of hydrogen-bond acceptors (Lipinski definition) is 4. The van der Waals surface area contributed by atoms with Gasteiger partial charge in [-0.3, -0.25) is 9.10 Å². The van der Waals surface area contributed by atoms with Gasteiger partial charge in [-0.05, 0) is 31.0 Å². The second kappa shape index (κ2) is 7.46. The number of ether oxygens (including phenoxy) is 1. The third kappa shape index (κ3) is 5.05. The Labute approximate surface area is 139 Å². The lowest BCUT2D eigenvalue weighted by Gasteiger charge is -2.22. The quantitative estimate of drug-likeness (QED) is 0.830. The summed E-state index contributed by atoms with van der Waals surface area (Å²) in [6.07, 6.45) is 2.75. The molecule has 0 aliphatic carbocycles. The van der Waals surface area contributed by atoms with Crippen molar-refractivity contribution in [3.63, 3.8) is 0 Å². The van der Waals surface area contributed by atoms with Crippen molar-refractivity contribution in [3.8, 4) is 0 Å². The number of benzene rings is 1. The number of rotatable bonds is 6. The van der Waals surface area contributed by atoms with Crippen LogP contribution < -0.4 is 9.62 Å². The highest BCUT2D eigenvalue weighted by atomic mass is 35.5. The number of carbonyl (C=O) groups excluding carboxylic acids is 1. The minimum Gasteiger partial charge on any atom is -0.376 e. The molecule has 9 heteroatoms. The second-order valence-electron chi connectivity index (χ2n) is 5.31. The summed E-state index contributed by atoms with van der Waals surface area (Å²) >= 11 is 5.68. The molecule has 0 saturated carbocycles. The van der Waals surface area contributed by atoms with Crippen molar-refractivity contribution in [3.05, 3.63) is 29.0 Å². The fourth-order valence-electron chi connectivity index (χ4n) is 2.26. The summed E-state index contributed by atoms with van der Waals surface area (Å²) in [6, 6.07) is 3.49. The van der Waals surface area contributed by atoms with Crippen LogP contribution in [0.4, 0.5) is 10.1 Å². The molecule has 0 radical (unpaired) electrons. The van der Waals surface area contributed by atoms with Crippen LogP contribution in [0.3, 0.4) is 0 Å². The number of nitrogens with one attached hydrogen (secondary N) is 1. The van der Waals surface area contributed by atoms with Crippen LogP contribution in [0, 0.1) is 5.82 Å². The summed E-state index contributed by atoms with van der Waals surface area (Å²) in [5.74, 6) is -1.13. The molecule has 0 aromatic heterocycles. The molecule has 1 atom stereocenters. The molecule has 0 bridgehead atoms. The van der Waals surface area contributed by atoms with Gasteiger partial charge in [0.1, 0.15) is 12.4 Å². The number of amides is 1. The lowest BCUT2D eigenvalue weighted by molar-refractivity contribution is -0.120. The van der Waals surface area contributed by atoms with E-state index >= 15 is 0 Å². The Bertz CT molecular complexity index is 677. The summed E-state index contributed by atoms with van der Waals surface area (Å²) in [5, 5.41) is 2.43. The third-order valence-electron chi connectivity index (χ3n) is 3.43. The molecule has 1 aromatic carbocycles. The van der Waals surface area contributed by atoms with E-state index in [9.17, 15) is 17.6 Å². The topological polar surface area (TPSA) is 75.7 Å². The highest BCUT2D eigenvalue weighted by Gasteiger charge is 2.23. The van der Waals surface area contributed by atoms with Crippen LogP contribution in [0.2, 0.25) is 5.02 Å². The van der Waals surface area contributed by atoms with E-state index in [4.69, 9.17) is 16.3 Å². The zero-order valence-corrected chi connectivity index (χ0v) is 14.2. The highest BCUT2D eigenvalue weighted by Crippen LogP contribution is 2.24. The van der Waals surface area contributed by atoms with Crippen LogP contribution in [-0.2, 0) is 19.6 Å². The lowest BCUT2D eigenvalue weighted by Crippen LogP contribution is -2.42. The zero-order valence-electron chi connectivity index (χ0n) is 12.6. The Balaban J connectivity index is 2.06. The smallest absolute Gasteiger partial charge is 0.240 e. The Morgan fingerprint density at radius 1 is 1.52 bits per heavy atom. The second-order valence-corrected chi connectivity index (χ2v) is 7.62. The molecule has 1 aliphatic heterocycles. The van der Waals surface area contributed by atoms with Crippen LogP contribution in [0.25, 0.3) is 0 Å². The van der Waals surface area contributed by atoms with Gasteiger partial charge in [-0.1, -0.05) is 11.6 Å². The first-order valence-electron chi connectivity index (χ1n) is 7.08. The van der Waals surface area contributed by atoms with Crippen LogP contribution in [-0.4, -0.2) is 46.4 Å². The van der Waals surface area contributed by atoms with Crippen LogP contribution in [0.15, 0.2) is 18.2 Å². The average Bonchev–Trinajstić information content (AvgIpc) is 2.98. The van der Waals surface area contributed by atoms with Crippen molar-refractivity contribution >= 4 is 33.2 Å². The molecular formula is C14H18ClFN2O4S. The first-order valence-corrected chi connectivity index (χ1v) is 9.31. The monoisotopic (exact) mass is 364 g/mol. The first-order chi connectivity index (χ1) is 10.8. The molecule has 1 heterocycles. The van der Waals surface area contributed by atoms with E-state index in [2.05, 4.69) is 5.32 Å². The van der Waals surface area contributed by atoms with E-state index in [0.29, 0.717) is 13.2 Å². The van der Waals surface area contributed by atoms with Crippen LogP contribution in [0.1, 0.15) is 12.8 Å². The van der Waals surface area contributed by atoms with Crippen molar-refractivity contribution < 1.29 is 22.3 Å². The molecule has 1 amide bonds. The van der Waals surface area contributed by atoms with Crippen molar-refractivity contribution in [2.45, 2.75) is 18.9 Å². The molecule has 23 heavy (non-hydrogen) atoms. The number of carbonyl (C=O) groups is 1. The van der Waals surface area contributed by atoms with Gasteiger partial charge in [0.2, 0.25) is 15.9 Å². The molecule has 0 spiro atoms. The Kier molecular flexibility index (Phi) is 5.83. The van der Waals surface area contributed by atoms with Gasteiger partial charge in [0.15, 0.2) is 0 Å². The molecule has 2 rings (SSSR count). The van der Waals surface area contributed by atoms with Crippen LogP contribution >= 0.6 is 11.6 Å². The lowest BCUT2D eigenvalue weighted by atomic mass is 10.2. The maximum Gasteiger partial charge on any atom is 0.240 e. The van der Waals surface area contributed by atoms with E-state index in [0.717, 1.165) is 29.5 Å². The summed E-state index contributed by atoms with van der Waals surface area (Å²) in [5.41, 5.74) is 0.131. The standard InChI is InChI=1S/C14H18ClFN2O4S/c1-23(20,21)18(10-4-5-13(16)12(15)7-10)9-14(19)17-8-11-3-2-6-22-11/h4-5,7,11H,2-3,6,8-9H2,1H3,(H,17,19)/t11-/m0/s1. The Morgan fingerprint density at radius 2 is 2.26 bits per heavy atom. The predicted molar refractivity (Wildman–Crippen MR) is 85.6 cm³/mol. The molecule has 0 unspecified atom stereocenters. The Morgan fingerprint density at radius 3 is 2.83 bits per heavy atom. The van der Waals surface area contributed by atoms with Gasteiger partial charge < -0.3 is 10.1 Å². The summed E-state index contributed by atoms with van der Waals surface area (Å²) < 4.78 is 43.3. The third-order valence-corrected chi connectivity index (χ3v) is 4.86. The summed E-state index contributed by atoms with van der Waals surface area (Å²) in [7, 11) is -3.72. The van der Waals surface area contributed by atoms with E-state index in [1.807, 2.05) is 0 Å². The molecule has 128 valence electrons. The number of hydrogen-bond donors (Lipinski definition) is 1. The predicted octanol–water partition coefficient (Wildman–Crippen LogP) is 1.54. The largest absolute Gasteiger partial charge is 0.376 e. The molecule has 1 N–H and O–H groups in total. The van der Waals surface area contributed by atoms with Crippen molar-refractivity contribution in [2.75, 3.05) is 30.3 Å². The molecule has 1 saturated heterocycles. The van der Waals surface area contributed by atoms with E-state index in [1.165, 1.54) is 12.1 Å². The molecule has 1 fully saturated rings. The van der Waals surface area contributed by atoms with Gasteiger partial charge in [-0.25, -0.2) is 12.8 Å². The van der Waals surface area contributed by atoms with Gasteiger partial charge in [-0.15, -0.1) is 0 Å². The van der Waals surface area contributed by atoms with E-state index < -0.39 is 28.3 Å². The number of anilines is 1. The molecule has 1 aliphatic rings. The number of halogens is 2. The first kappa shape index (κ1) is 18.0. The van der Waals surface area contributed by atoms with E-state index in [1.54, 1.807) is 0 Å².